The number of non-ortho nitro benzene ring substituents is 1. The first kappa shape index (κ1) is 13.5. The van der Waals surface area contributed by atoms with E-state index in [0.717, 1.165) is 0 Å². The van der Waals surface area contributed by atoms with Crippen molar-refractivity contribution >= 4 is 17.4 Å². The zero-order valence-electron chi connectivity index (χ0n) is 10.0. The Bertz CT molecular complexity index is 499. The predicted molar refractivity (Wildman–Crippen MR) is 66.6 cm³/mol. The highest BCUT2D eigenvalue weighted by molar-refractivity contribution is 5.92. The number of rotatable bonds is 4. The average Bonchev–Trinajstić information content (AvgIpc) is 2.27. The molecule has 1 rings (SSSR count). The molecule has 0 aromatic heterocycles. The molecule has 0 aliphatic carbocycles. The summed E-state index contributed by atoms with van der Waals surface area (Å²) in [6.07, 6.45) is 0. The van der Waals surface area contributed by atoms with Crippen LogP contribution in [0.4, 0.5) is 16.2 Å². The molecule has 2 N–H and O–H groups in total. The van der Waals surface area contributed by atoms with E-state index in [2.05, 4.69) is 17.2 Å². The van der Waals surface area contributed by atoms with E-state index in [1.165, 1.54) is 25.3 Å². The second-order valence-corrected chi connectivity index (χ2v) is 3.50. The molecule has 0 saturated carbocycles. The van der Waals surface area contributed by atoms with Gasteiger partial charge in [0.15, 0.2) is 0 Å². The minimum Gasteiger partial charge on any atom is -0.495 e. The van der Waals surface area contributed by atoms with Crippen molar-refractivity contribution in [3.8, 4) is 5.75 Å². The highest BCUT2D eigenvalue weighted by Crippen LogP contribution is 2.28. The van der Waals surface area contributed by atoms with Gasteiger partial charge in [-0.25, -0.2) is 4.79 Å². The second kappa shape index (κ2) is 5.67. The van der Waals surface area contributed by atoms with Crippen LogP contribution in [0.3, 0.4) is 0 Å². The Kier molecular flexibility index (Phi) is 4.25. The van der Waals surface area contributed by atoms with Crippen LogP contribution < -0.4 is 15.4 Å². The molecular formula is C11H13N3O4. The smallest absolute Gasteiger partial charge is 0.323 e. The van der Waals surface area contributed by atoms with Crippen molar-refractivity contribution in [3.05, 3.63) is 40.6 Å². The molecule has 0 aliphatic rings. The highest BCUT2D eigenvalue weighted by atomic mass is 16.6. The number of carbonyl (C=O) groups excluding carboxylic acids is 1. The first-order valence-electron chi connectivity index (χ1n) is 5.00. The third-order valence-electron chi connectivity index (χ3n) is 1.97. The molecule has 7 heteroatoms. The van der Waals surface area contributed by atoms with Gasteiger partial charge in [0.1, 0.15) is 5.75 Å². The number of allylic oxidation sites excluding steroid dienone is 1. The van der Waals surface area contributed by atoms with Gasteiger partial charge in [0, 0.05) is 17.8 Å². The normalized spacial score (nSPS) is 9.44. The van der Waals surface area contributed by atoms with E-state index in [4.69, 9.17) is 4.74 Å². The van der Waals surface area contributed by atoms with Crippen molar-refractivity contribution < 1.29 is 14.5 Å². The van der Waals surface area contributed by atoms with E-state index < -0.39 is 11.0 Å². The van der Waals surface area contributed by atoms with E-state index in [1.807, 2.05) is 0 Å². The van der Waals surface area contributed by atoms with E-state index >= 15 is 0 Å². The quantitative estimate of drug-likeness (QED) is 0.634. The van der Waals surface area contributed by atoms with E-state index in [0.29, 0.717) is 11.4 Å². The maximum atomic E-state index is 11.5. The van der Waals surface area contributed by atoms with Crippen molar-refractivity contribution in [2.75, 3.05) is 12.4 Å². The summed E-state index contributed by atoms with van der Waals surface area (Å²) in [7, 11) is 1.41. The number of urea groups is 1. The van der Waals surface area contributed by atoms with Crippen LogP contribution in [0.1, 0.15) is 6.92 Å². The lowest BCUT2D eigenvalue weighted by atomic mass is 10.2. The fraction of sp³-hybridized carbons (Fsp3) is 0.182. The first-order chi connectivity index (χ1) is 8.43. The van der Waals surface area contributed by atoms with Crippen molar-refractivity contribution in [2.24, 2.45) is 0 Å². The largest absolute Gasteiger partial charge is 0.495 e. The van der Waals surface area contributed by atoms with Crippen LogP contribution in [0.15, 0.2) is 30.5 Å². The Balaban J connectivity index is 2.97. The van der Waals surface area contributed by atoms with Crippen LogP contribution in [0.25, 0.3) is 0 Å². The number of hydrogen-bond donors (Lipinski definition) is 2. The Morgan fingerprint density at radius 1 is 1.50 bits per heavy atom. The maximum Gasteiger partial charge on any atom is 0.323 e. The van der Waals surface area contributed by atoms with Gasteiger partial charge in [0.25, 0.3) is 5.69 Å². The number of anilines is 1. The fourth-order valence-electron chi connectivity index (χ4n) is 1.25. The van der Waals surface area contributed by atoms with Crippen molar-refractivity contribution in [1.82, 2.24) is 5.32 Å². The zero-order valence-corrected chi connectivity index (χ0v) is 10.0. The van der Waals surface area contributed by atoms with Crippen molar-refractivity contribution in [3.63, 3.8) is 0 Å². The van der Waals surface area contributed by atoms with Crippen molar-refractivity contribution in [2.45, 2.75) is 6.92 Å². The molecule has 0 aliphatic heterocycles. The van der Waals surface area contributed by atoms with Crippen LogP contribution in [0.2, 0.25) is 0 Å². The lowest BCUT2D eigenvalue weighted by molar-refractivity contribution is -0.384. The first-order valence-corrected chi connectivity index (χ1v) is 5.00. The molecule has 0 unspecified atom stereocenters. The molecule has 96 valence electrons. The summed E-state index contributed by atoms with van der Waals surface area (Å²) >= 11 is 0. The predicted octanol–water partition coefficient (Wildman–Crippen LogP) is 2.26. The SMILES string of the molecule is C=C(C)NC(=O)Nc1cc([N+](=O)[O-])ccc1OC. The third kappa shape index (κ3) is 3.48. The maximum absolute atomic E-state index is 11.5. The summed E-state index contributed by atoms with van der Waals surface area (Å²) in [5.41, 5.74) is 0.531. The second-order valence-electron chi connectivity index (χ2n) is 3.50. The molecule has 0 bridgehead atoms. The molecule has 0 saturated heterocycles. The Hall–Kier alpha value is -2.57. The van der Waals surface area contributed by atoms with E-state index in [-0.39, 0.29) is 11.4 Å². The minimum absolute atomic E-state index is 0.138. The molecule has 0 heterocycles. The monoisotopic (exact) mass is 251 g/mol. The summed E-state index contributed by atoms with van der Waals surface area (Å²) in [6.45, 7) is 5.13. The number of amides is 2. The molecule has 0 spiro atoms. The Morgan fingerprint density at radius 3 is 2.67 bits per heavy atom. The van der Waals surface area contributed by atoms with Gasteiger partial charge >= 0.3 is 6.03 Å². The van der Waals surface area contributed by atoms with Gasteiger partial charge < -0.3 is 15.4 Å². The number of nitrogens with zero attached hydrogens (tertiary/aromatic N) is 1. The van der Waals surface area contributed by atoms with Crippen LogP contribution >= 0.6 is 0 Å². The summed E-state index contributed by atoms with van der Waals surface area (Å²) in [6, 6.07) is 3.38. The van der Waals surface area contributed by atoms with Crippen molar-refractivity contribution in [1.29, 1.82) is 0 Å². The lowest BCUT2D eigenvalue weighted by Gasteiger charge is -2.10. The number of nitrogens with one attached hydrogen (secondary N) is 2. The molecule has 2 amide bonds. The molecule has 1 aromatic rings. The molecule has 18 heavy (non-hydrogen) atoms. The standard InChI is InChI=1S/C11H13N3O4/c1-7(2)12-11(15)13-9-6-8(14(16)17)4-5-10(9)18-3/h4-6H,1H2,2-3H3,(H2,12,13,15). The summed E-state index contributed by atoms with van der Waals surface area (Å²) in [5, 5.41) is 15.5. The molecule has 0 radical (unpaired) electrons. The minimum atomic E-state index is -0.554. The topological polar surface area (TPSA) is 93.5 Å². The fourth-order valence-corrected chi connectivity index (χ4v) is 1.25. The van der Waals surface area contributed by atoms with Gasteiger partial charge in [0.2, 0.25) is 0 Å². The van der Waals surface area contributed by atoms with E-state index in [9.17, 15) is 14.9 Å². The molecule has 7 nitrogen and oxygen atoms in total. The lowest BCUT2D eigenvalue weighted by Crippen LogP contribution is -2.26. The number of benzene rings is 1. The number of methoxy groups -OCH3 is 1. The third-order valence-corrected chi connectivity index (χ3v) is 1.97. The van der Waals surface area contributed by atoms with Gasteiger partial charge in [-0.3, -0.25) is 10.1 Å². The van der Waals surface area contributed by atoms with Crippen LogP contribution in [-0.2, 0) is 0 Å². The van der Waals surface area contributed by atoms with E-state index in [1.54, 1.807) is 6.92 Å². The summed E-state index contributed by atoms with van der Waals surface area (Å²) in [4.78, 5) is 21.5. The Labute approximate surface area is 104 Å². The molecule has 1 aromatic carbocycles. The number of ether oxygens (including phenoxy) is 1. The van der Waals surface area contributed by atoms with Gasteiger partial charge in [-0.15, -0.1) is 0 Å². The molecule has 0 fully saturated rings. The zero-order chi connectivity index (χ0) is 13.7. The Morgan fingerprint density at radius 2 is 2.17 bits per heavy atom. The summed E-state index contributed by atoms with van der Waals surface area (Å²) < 4.78 is 5.00. The van der Waals surface area contributed by atoms with Gasteiger partial charge in [-0.2, -0.15) is 0 Å². The van der Waals surface area contributed by atoms with Crippen LogP contribution in [0.5, 0.6) is 5.75 Å². The van der Waals surface area contributed by atoms with Crippen LogP contribution in [-0.4, -0.2) is 18.1 Å². The molecular weight excluding hydrogens is 238 g/mol. The average molecular weight is 251 g/mol. The molecule has 0 atom stereocenters. The number of nitro benzene ring substituents is 1. The van der Waals surface area contributed by atoms with Gasteiger partial charge in [-0.05, 0) is 13.0 Å². The number of carbonyl (C=O) groups is 1. The number of hydrogen-bond acceptors (Lipinski definition) is 4. The number of nitro groups is 1. The summed E-state index contributed by atoms with van der Waals surface area (Å²) in [5.74, 6) is 0.331. The highest BCUT2D eigenvalue weighted by Gasteiger charge is 2.13. The van der Waals surface area contributed by atoms with Gasteiger partial charge in [-0.1, -0.05) is 6.58 Å². The van der Waals surface area contributed by atoms with Crippen LogP contribution in [0, 0.1) is 10.1 Å². The van der Waals surface area contributed by atoms with Gasteiger partial charge in [0.05, 0.1) is 17.7 Å².